The second kappa shape index (κ2) is 7.49. The first kappa shape index (κ1) is 21.2. The van der Waals surface area contributed by atoms with E-state index < -0.39 is 58.0 Å². The lowest BCUT2D eigenvalue weighted by Crippen LogP contribution is -2.21. The summed E-state index contributed by atoms with van der Waals surface area (Å²) in [7, 11) is 0. The van der Waals surface area contributed by atoms with Crippen LogP contribution in [0.15, 0.2) is 6.20 Å². The molecule has 0 spiro atoms. The van der Waals surface area contributed by atoms with Crippen molar-refractivity contribution in [2.24, 2.45) is 5.92 Å². The Hall–Kier alpha value is -3.10. The summed E-state index contributed by atoms with van der Waals surface area (Å²) in [6, 6.07) is 1.54. The number of nitrogens with zero attached hydrogens (tertiary/aromatic N) is 3. The number of halogens is 7. The number of rotatable bonds is 4. The third-order valence-electron chi connectivity index (χ3n) is 3.48. The summed E-state index contributed by atoms with van der Waals surface area (Å²) < 4.78 is 94.3. The summed E-state index contributed by atoms with van der Waals surface area (Å²) in [6.07, 6.45) is -5.07. The van der Waals surface area contributed by atoms with E-state index in [0.29, 0.717) is 0 Å². The molecule has 0 saturated carbocycles. The normalized spacial score (nSPS) is 11.6. The number of amides is 1. The SMILES string of the molecule is CC(C)CC(=O)Nc1c(C#N)cnn1-c1c(F)c(F)c(C(F)(F)F)c(F)c1F. The fraction of sp³-hybridized carbons (Fsp3) is 0.312. The molecule has 1 N–H and O–H groups in total. The first-order chi connectivity index (χ1) is 12.9. The van der Waals surface area contributed by atoms with Gasteiger partial charge in [-0.1, -0.05) is 13.8 Å². The van der Waals surface area contributed by atoms with Crippen LogP contribution in [0.5, 0.6) is 0 Å². The summed E-state index contributed by atoms with van der Waals surface area (Å²) in [5.41, 5.74) is -4.83. The van der Waals surface area contributed by atoms with Crippen LogP contribution < -0.4 is 5.32 Å². The fourth-order valence-electron chi connectivity index (χ4n) is 2.33. The second-order valence-electron chi connectivity index (χ2n) is 6.05. The Balaban J connectivity index is 2.72. The molecule has 1 aromatic heterocycles. The van der Waals surface area contributed by atoms with Gasteiger partial charge in [-0.15, -0.1) is 0 Å². The molecule has 5 nitrogen and oxygen atoms in total. The molecule has 0 bridgehead atoms. The smallest absolute Gasteiger partial charge is 0.309 e. The first-order valence-electron chi connectivity index (χ1n) is 7.61. The zero-order valence-corrected chi connectivity index (χ0v) is 14.3. The molecule has 0 aliphatic carbocycles. The Labute approximate surface area is 153 Å². The van der Waals surface area contributed by atoms with Crippen LogP contribution in [0.3, 0.4) is 0 Å². The number of hydrogen-bond donors (Lipinski definition) is 1. The highest BCUT2D eigenvalue weighted by molar-refractivity contribution is 5.91. The zero-order chi connectivity index (χ0) is 21.4. The van der Waals surface area contributed by atoms with Crippen LogP contribution in [0.25, 0.3) is 5.69 Å². The number of benzene rings is 1. The molecule has 0 unspecified atom stereocenters. The molecule has 0 atom stereocenters. The van der Waals surface area contributed by atoms with E-state index in [1.54, 1.807) is 13.8 Å². The molecular weight excluding hydrogens is 397 g/mol. The van der Waals surface area contributed by atoms with Crippen molar-refractivity contribution in [3.63, 3.8) is 0 Å². The van der Waals surface area contributed by atoms with E-state index in [1.807, 2.05) is 0 Å². The molecule has 1 aromatic carbocycles. The van der Waals surface area contributed by atoms with Crippen LogP contribution in [-0.4, -0.2) is 15.7 Å². The predicted octanol–water partition coefficient (Wildman–Crippen LogP) is 4.30. The minimum Gasteiger partial charge on any atom is -0.309 e. The van der Waals surface area contributed by atoms with Gasteiger partial charge in [0.1, 0.15) is 22.9 Å². The lowest BCUT2D eigenvalue weighted by molar-refractivity contribution is -0.143. The molecule has 0 aliphatic rings. The van der Waals surface area contributed by atoms with E-state index in [2.05, 4.69) is 10.4 Å². The van der Waals surface area contributed by atoms with Crippen molar-refractivity contribution in [3.05, 3.63) is 40.6 Å². The van der Waals surface area contributed by atoms with Crippen LogP contribution in [0, 0.1) is 40.5 Å². The number of aromatic nitrogens is 2. The van der Waals surface area contributed by atoms with Crippen molar-refractivity contribution < 1.29 is 35.5 Å². The molecule has 150 valence electrons. The second-order valence-corrected chi connectivity index (χ2v) is 6.05. The van der Waals surface area contributed by atoms with Crippen LogP contribution in [0.2, 0.25) is 0 Å². The molecule has 0 aliphatic heterocycles. The maximum absolute atomic E-state index is 14.2. The molecule has 2 rings (SSSR count). The summed E-state index contributed by atoms with van der Waals surface area (Å²) >= 11 is 0. The summed E-state index contributed by atoms with van der Waals surface area (Å²) in [5, 5.41) is 14.5. The highest BCUT2D eigenvalue weighted by Gasteiger charge is 2.43. The minimum absolute atomic E-state index is 0.0866. The molecule has 0 fully saturated rings. The van der Waals surface area contributed by atoms with Gasteiger partial charge in [-0.2, -0.15) is 23.5 Å². The third-order valence-corrected chi connectivity index (χ3v) is 3.48. The maximum atomic E-state index is 14.2. The standard InChI is InChI=1S/C16H11F7N4O/c1-6(2)3-8(28)26-15-7(4-24)5-25-27(15)14-12(19)10(17)9(16(21,22)23)11(18)13(14)20/h5-6H,3H2,1-2H3,(H,26,28). The zero-order valence-electron chi connectivity index (χ0n) is 14.3. The molecule has 2 aromatic rings. The molecule has 1 amide bonds. The van der Waals surface area contributed by atoms with Crippen molar-refractivity contribution in [1.82, 2.24) is 9.78 Å². The van der Waals surface area contributed by atoms with Crippen LogP contribution >= 0.6 is 0 Å². The number of alkyl halides is 3. The van der Waals surface area contributed by atoms with Gasteiger partial charge >= 0.3 is 6.18 Å². The van der Waals surface area contributed by atoms with E-state index in [9.17, 15) is 35.5 Å². The van der Waals surface area contributed by atoms with Crippen LogP contribution in [0.1, 0.15) is 31.4 Å². The van der Waals surface area contributed by atoms with Gasteiger partial charge in [0, 0.05) is 6.42 Å². The summed E-state index contributed by atoms with van der Waals surface area (Å²) in [6.45, 7) is 3.34. The molecule has 0 radical (unpaired) electrons. The monoisotopic (exact) mass is 408 g/mol. The van der Waals surface area contributed by atoms with Gasteiger partial charge in [0.2, 0.25) is 5.91 Å². The lowest BCUT2D eigenvalue weighted by Gasteiger charge is -2.16. The molecule has 1 heterocycles. The van der Waals surface area contributed by atoms with E-state index in [0.717, 1.165) is 6.20 Å². The van der Waals surface area contributed by atoms with Crippen molar-refractivity contribution in [3.8, 4) is 11.8 Å². The van der Waals surface area contributed by atoms with Gasteiger partial charge in [-0.25, -0.2) is 22.2 Å². The predicted molar refractivity (Wildman–Crippen MR) is 81.2 cm³/mol. The number of carbonyl (C=O) groups excluding carboxylic acids is 1. The van der Waals surface area contributed by atoms with Gasteiger partial charge < -0.3 is 5.32 Å². The fourth-order valence-corrected chi connectivity index (χ4v) is 2.33. The van der Waals surface area contributed by atoms with Gasteiger partial charge in [-0.05, 0) is 5.92 Å². The third kappa shape index (κ3) is 3.78. The van der Waals surface area contributed by atoms with E-state index in [-0.39, 0.29) is 17.0 Å². The van der Waals surface area contributed by atoms with Crippen LogP contribution in [-0.2, 0) is 11.0 Å². The average Bonchev–Trinajstić information content (AvgIpc) is 2.94. The molecule has 12 heteroatoms. The van der Waals surface area contributed by atoms with Crippen LogP contribution in [0.4, 0.5) is 36.6 Å². The minimum atomic E-state index is -5.70. The maximum Gasteiger partial charge on any atom is 0.422 e. The van der Waals surface area contributed by atoms with E-state index in [1.165, 1.54) is 6.07 Å². The average molecular weight is 408 g/mol. The Morgan fingerprint density at radius 2 is 1.71 bits per heavy atom. The molecular formula is C16H11F7N4O. The quantitative estimate of drug-likeness (QED) is 0.606. The van der Waals surface area contributed by atoms with Gasteiger partial charge in [0.15, 0.2) is 29.1 Å². The number of nitrogens with one attached hydrogen (secondary N) is 1. The number of anilines is 1. The van der Waals surface area contributed by atoms with Gasteiger partial charge in [0.05, 0.1) is 6.20 Å². The van der Waals surface area contributed by atoms with E-state index >= 15 is 0 Å². The Morgan fingerprint density at radius 3 is 2.14 bits per heavy atom. The Bertz CT molecular complexity index is 944. The largest absolute Gasteiger partial charge is 0.422 e. The van der Waals surface area contributed by atoms with E-state index in [4.69, 9.17) is 5.26 Å². The van der Waals surface area contributed by atoms with Crippen molar-refractivity contribution in [2.45, 2.75) is 26.4 Å². The van der Waals surface area contributed by atoms with Crippen molar-refractivity contribution >= 4 is 11.7 Å². The highest BCUT2D eigenvalue weighted by atomic mass is 19.4. The molecule has 28 heavy (non-hydrogen) atoms. The number of hydrogen-bond acceptors (Lipinski definition) is 3. The lowest BCUT2D eigenvalue weighted by atomic mass is 10.1. The highest BCUT2D eigenvalue weighted by Crippen LogP contribution is 2.38. The Kier molecular flexibility index (Phi) is 5.67. The van der Waals surface area contributed by atoms with Gasteiger partial charge in [-0.3, -0.25) is 4.79 Å². The topological polar surface area (TPSA) is 70.7 Å². The Morgan fingerprint density at radius 1 is 1.18 bits per heavy atom. The summed E-state index contributed by atoms with van der Waals surface area (Å²) in [5.74, 6) is -11.7. The summed E-state index contributed by atoms with van der Waals surface area (Å²) in [4.78, 5) is 11.9. The number of nitriles is 1. The first-order valence-corrected chi connectivity index (χ1v) is 7.61. The van der Waals surface area contributed by atoms with Crippen molar-refractivity contribution in [2.75, 3.05) is 5.32 Å². The number of carbonyl (C=O) groups is 1. The van der Waals surface area contributed by atoms with Gasteiger partial charge in [0.25, 0.3) is 0 Å². The van der Waals surface area contributed by atoms with Crippen molar-refractivity contribution in [1.29, 1.82) is 5.26 Å². The molecule has 0 saturated heterocycles.